The van der Waals surface area contributed by atoms with Gasteiger partial charge in [0.1, 0.15) is 0 Å². The van der Waals surface area contributed by atoms with E-state index in [-0.39, 0.29) is 12.3 Å². The van der Waals surface area contributed by atoms with Crippen molar-refractivity contribution < 1.29 is 9.59 Å². The van der Waals surface area contributed by atoms with Crippen molar-refractivity contribution in [2.45, 2.75) is 6.42 Å². The van der Waals surface area contributed by atoms with Crippen LogP contribution in [0.3, 0.4) is 0 Å². The molecule has 2 amide bonds. The summed E-state index contributed by atoms with van der Waals surface area (Å²) in [7, 11) is 0. The van der Waals surface area contributed by atoms with E-state index in [1.54, 1.807) is 12.1 Å². The van der Waals surface area contributed by atoms with Crippen LogP contribution < -0.4 is 17.0 Å². The number of hydrogen-bond donors (Lipinski definition) is 3. The number of amides is 2. The summed E-state index contributed by atoms with van der Waals surface area (Å²) in [6.45, 7) is 0. The molecule has 1 aromatic heterocycles. The number of rotatable bonds is 2. The van der Waals surface area contributed by atoms with Crippen LogP contribution in [-0.2, 0) is 4.79 Å². The minimum absolute atomic E-state index is 0.0102. The predicted octanol–water partition coefficient (Wildman–Crippen LogP) is -0.422. The molecule has 0 spiro atoms. The maximum atomic E-state index is 11.1. The Hall–Kier alpha value is -1.84. The minimum Gasteiger partial charge on any atom is -0.369 e. The highest BCUT2D eigenvalue weighted by atomic mass is 32.1. The lowest BCUT2D eigenvalue weighted by atomic mass is 10.3. The van der Waals surface area contributed by atoms with Crippen LogP contribution in [0.2, 0.25) is 0 Å². The Balaban J connectivity index is 2.71. The highest BCUT2D eigenvalue weighted by molar-refractivity contribution is 7.14. The Bertz CT molecular complexity index is 442. The smallest absolute Gasteiger partial charge is 0.275 e. The Morgan fingerprint density at radius 1 is 1.47 bits per heavy atom. The zero-order valence-corrected chi connectivity index (χ0v) is 8.56. The van der Waals surface area contributed by atoms with E-state index in [0.717, 1.165) is 0 Å². The summed E-state index contributed by atoms with van der Waals surface area (Å²) in [5.74, 6) is 9.45. The fraction of sp³-hybridized carbons (Fsp3) is 0.111. The van der Waals surface area contributed by atoms with Gasteiger partial charge >= 0.3 is 0 Å². The van der Waals surface area contributed by atoms with E-state index < -0.39 is 5.91 Å². The fourth-order valence-electron chi connectivity index (χ4n) is 0.817. The number of nitrogens with two attached hydrogens (primary N) is 2. The van der Waals surface area contributed by atoms with Crippen LogP contribution in [0, 0.1) is 11.8 Å². The van der Waals surface area contributed by atoms with Crippen molar-refractivity contribution in [1.29, 1.82) is 0 Å². The first-order valence-corrected chi connectivity index (χ1v) is 4.83. The standard InChI is InChI=1S/C9H9N3O2S/c10-8(13)3-1-2-6-4-5-7(15-6)9(14)12-11/h4-5H,3,11H2,(H2,10,13)(H,12,14). The van der Waals surface area contributed by atoms with E-state index in [1.807, 2.05) is 5.43 Å². The van der Waals surface area contributed by atoms with Gasteiger partial charge in [-0.1, -0.05) is 11.8 Å². The first-order valence-electron chi connectivity index (χ1n) is 4.01. The quantitative estimate of drug-likeness (QED) is 0.275. The third-order valence-corrected chi connectivity index (χ3v) is 2.43. The molecule has 1 heterocycles. The van der Waals surface area contributed by atoms with Gasteiger partial charge in [-0.25, -0.2) is 5.84 Å². The molecule has 15 heavy (non-hydrogen) atoms. The van der Waals surface area contributed by atoms with Crippen LogP contribution >= 0.6 is 11.3 Å². The largest absolute Gasteiger partial charge is 0.369 e. The Labute approximate surface area is 90.4 Å². The Morgan fingerprint density at radius 3 is 2.80 bits per heavy atom. The molecule has 0 bridgehead atoms. The van der Waals surface area contributed by atoms with Gasteiger partial charge in [-0.05, 0) is 12.1 Å². The van der Waals surface area contributed by atoms with Crippen LogP contribution in [0.1, 0.15) is 21.0 Å². The molecule has 0 aliphatic rings. The number of carbonyl (C=O) groups excluding carboxylic acids is 2. The van der Waals surface area contributed by atoms with Crippen molar-refractivity contribution in [3.05, 3.63) is 21.9 Å². The minimum atomic E-state index is -0.473. The van der Waals surface area contributed by atoms with E-state index in [1.165, 1.54) is 11.3 Å². The van der Waals surface area contributed by atoms with Gasteiger partial charge in [-0.3, -0.25) is 15.0 Å². The third-order valence-electron chi connectivity index (χ3n) is 1.44. The van der Waals surface area contributed by atoms with Crippen LogP contribution in [-0.4, -0.2) is 11.8 Å². The number of carbonyl (C=O) groups is 2. The summed E-state index contributed by atoms with van der Waals surface area (Å²) in [5.41, 5.74) is 6.93. The monoisotopic (exact) mass is 223 g/mol. The predicted molar refractivity (Wildman–Crippen MR) is 56.7 cm³/mol. The summed E-state index contributed by atoms with van der Waals surface area (Å²) in [5, 5.41) is 0. The highest BCUT2D eigenvalue weighted by Gasteiger charge is 2.05. The average Bonchev–Trinajstić information content (AvgIpc) is 2.65. The maximum absolute atomic E-state index is 11.1. The average molecular weight is 223 g/mol. The lowest BCUT2D eigenvalue weighted by Crippen LogP contribution is -2.29. The third kappa shape index (κ3) is 3.42. The zero-order chi connectivity index (χ0) is 11.3. The van der Waals surface area contributed by atoms with Gasteiger partial charge in [0.25, 0.3) is 5.91 Å². The van der Waals surface area contributed by atoms with Crippen LogP contribution in [0.15, 0.2) is 12.1 Å². The molecule has 1 rings (SSSR count). The number of nitrogens with one attached hydrogen (secondary N) is 1. The van der Waals surface area contributed by atoms with Gasteiger partial charge in [0.05, 0.1) is 16.2 Å². The molecule has 0 aliphatic carbocycles. The molecule has 6 heteroatoms. The summed E-state index contributed by atoms with van der Waals surface area (Å²) < 4.78 is 0. The van der Waals surface area contributed by atoms with E-state index in [9.17, 15) is 9.59 Å². The van der Waals surface area contributed by atoms with Crippen molar-refractivity contribution in [2.24, 2.45) is 11.6 Å². The van der Waals surface area contributed by atoms with E-state index in [0.29, 0.717) is 9.75 Å². The summed E-state index contributed by atoms with van der Waals surface area (Å²) in [6, 6.07) is 3.30. The Kier molecular flexibility index (Phi) is 3.85. The molecule has 0 aromatic carbocycles. The second kappa shape index (κ2) is 5.14. The molecule has 0 atom stereocenters. The van der Waals surface area contributed by atoms with Crippen molar-refractivity contribution >= 4 is 23.2 Å². The van der Waals surface area contributed by atoms with Crippen LogP contribution in [0.25, 0.3) is 0 Å². The number of thiophene rings is 1. The van der Waals surface area contributed by atoms with Crippen molar-refractivity contribution in [2.75, 3.05) is 0 Å². The molecule has 0 radical (unpaired) electrons. The van der Waals surface area contributed by atoms with E-state index in [2.05, 4.69) is 11.8 Å². The van der Waals surface area contributed by atoms with Gasteiger partial charge in [0.2, 0.25) is 5.91 Å². The molecule has 0 saturated carbocycles. The summed E-state index contributed by atoms with van der Waals surface area (Å²) in [6.07, 6.45) is 0.0102. The number of nitrogen functional groups attached to an aromatic ring is 1. The van der Waals surface area contributed by atoms with Gasteiger partial charge in [-0.2, -0.15) is 0 Å². The van der Waals surface area contributed by atoms with Crippen LogP contribution in [0.5, 0.6) is 0 Å². The SMILES string of the molecule is NNC(=O)c1ccc(C#CCC(N)=O)s1. The lowest BCUT2D eigenvalue weighted by molar-refractivity contribution is -0.117. The number of hydrazine groups is 1. The van der Waals surface area contributed by atoms with E-state index in [4.69, 9.17) is 11.6 Å². The number of hydrogen-bond acceptors (Lipinski definition) is 4. The number of primary amides is 1. The first kappa shape index (κ1) is 11.2. The van der Waals surface area contributed by atoms with Gasteiger partial charge in [-0.15, -0.1) is 11.3 Å². The van der Waals surface area contributed by atoms with E-state index >= 15 is 0 Å². The molecule has 0 fully saturated rings. The normalized spacial score (nSPS) is 8.87. The second-order valence-corrected chi connectivity index (χ2v) is 3.67. The second-order valence-electron chi connectivity index (χ2n) is 2.58. The summed E-state index contributed by atoms with van der Waals surface area (Å²) >= 11 is 1.20. The molecule has 0 aliphatic heterocycles. The Morgan fingerprint density at radius 2 is 2.20 bits per heavy atom. The highest BCUT2D eigenvalue weighted by Crippen LogP contribution is 2.14. The van der Waals surface area contributed by atoms with Crippen molar-refractivity contribution in [3.63, 3.8) is 0 Å². The molecule has 1 aromatic rings. The molecule has 78 valence electrons. The summed E-state index contributed by atoms with van der Waals surface area (Å²) in [4.78, 5) is 22.6. The molecular formula is C9H9N3O2S. The van der Waals surface area contributed by atoms with Crippen molar-refractivity contribution in [3.8, 4) is 11.8 Å². The molecule has 5 nitrogen and oxygen atoms in total. The van der Waals surface area contributed by atoms with Gasteiger partial charge < -0.3 is 5.73 Å². The molecule has 0 saturated heterocycles. The van der Waals surface area contributed by atoms with Crippen LogP contribution in [0.4, 0.5) is 0 Å². The molecule has 5 N–H and O–H groups in total. The topological polar surface area (TPSA) is 98.2 Å². The molecular weight excluding hydrogens is 214 g/mol. The lowest BCUT2D eigenvalue weighted by Gasteiger charge is -1.91. The first-order chi connectivity index (χ1) is 7.13. The maximum Gasteiger partial charge on any atom is 0.275 e. The zero-order valence-electron chi connectivity index (χ0n) is 7.74. The van der Waals surface area contributed by atoms with Gasteiger partial charge in [0.15, 0.2) is 0 Å². The molecule has 0 unspecified atom stereocenters. The van der Waals surface area contributed by atoms with Crippen molar-refractivity contribution in [1.82, 2.24) is 5.43 Å². The van der Waals surface area contributed by atoms with Gasteiger partial charge in [0, 0.05) is 0 Å². The fourth-order valence-corrected chi connectivity index (χ4v) is 1.60.